The third-order valence-corrected chi connectivity index (χ3v) is 2.01. The van der Waals surface area contributed by atoms with Crippen LogP contribution in [0.2, 0.25) is 5.02 Å². The van der Waals surface area contributed by atoms with Gasteiger partial charge in [-0.15, -0.1) is 0 Å². The molecule has 0 fully saturated rings. The first-order chi connectivity index (χ1) is 7.16. The summed E-state index contributed by atoms with van der Waals surface area (Å²) in [7, 11) is 0. The Morgan fingerprint density at radius 3 is 2.87 bits per heavy atom. The van der Waals surface area contributed by atoms with Crippen LogP contribution in [0, 0.1) is 0 Å². The van der Waals surface area contributed by atoms with Gasteiger partial charge in [-0.25, -0.2) is 4.79 Å². The molecule has 82 valence electrons. The molecule has 0 amide bonds. The zero-order valence-corrected chi connectivity index (χ0v) is 8.95. The normalized spacial score (nSPS) is 10.0. The van der Waals surface area contributed by atoms with Crippen molar-refractivity contribution in [3.63, 3.8) is 0 Å². The monoisotopic (exact) mass is 230 g/mol. The van der Waals surface area contributed by atoms with Crippen LogP contribution in [-0.2, 0) is 4.74 Å². The maximum atomic E-state index is 10.9. The molecule has 0 aromatic heterocycles. The zero-order valence-electron chi connectivity index (χ0n) is 8.20. The van der Waals surface area contributed by atoms with Gasteiger partial charge in [0.15, 0.2) is 6.79 Å². The molecule has 0 atom stereocenters. The second kappa shape index (κ2) is 5.58. The number of carboxylic acids is 1. The Balaban J connectivity index is 2.86. The van der Waals surface area contributed by atoms with E-state index in [2.05, 4.69) is 0 Å². The van der Waals surface area contributed by atoms with Crippen molar-refractivity contribution in [2.45, 2.75) is 6.92 Å². The van der Waals surface area contributed by atoms with E-state index < -0.39 is 5.97 Å². The van der Waals surface area contributed by atoms with Gasteiger partial charge in [0.05, 0.1) is 5.02 Å². The molecule has 1 rings (SSSR count). The number of ether oxygens (including phenoxy) is 2. The lowest BCUT2D eigenvalue weighted by Crippen LogP contribution is -2.07. The fourth-order valence-corrected chi connectivity index (χ4v) is 1.27. The van der Waals surface area contributed by atoms with Crippen LogP contribution >= 0.6 is 11.6 Å². The van der Waals surface area contributed by atoms with E-state index in [-0.39, 0.29) is 23.1 Å². The van der Waals surface area contributed by atoms with E-state index in [0.29, 0.717) is 6.61 Å². The first-order valence-electron chi connectivity index (χ1n) is 4.39. The number of hydrogen-bond donors (Lipinski definition) is 1. The maximum absolute atomic E-state index is 10.9. The third-order valence-electron chi connectivity index (χ3n) is 1.69. The highest BCUT2D eigenvalue weighted by molar-refractivity contribution is 6.33. The van der Waals surface area contributed by atoms with Gasteiger partial charge in [-0.1, -0.05) is 17.7 Å². The van der Waals surface area contributed by atoms with E-state index in [1.165, 1.54) is 12.1 Å². The van der Waals surface area contributed by atoms with Crippen LogP contribution in [0.3, 0.4) is 0 Å². The molecule has 1 aromatic carbocycles. The zero-order chi connectivity index (χ0) is 11.3. The van der Waals surface area contributed by atoms with Crippen molar-refractivity contribution < 1.29 is 19.4 Å². The molecule has 0 aliphatic heterocycles. The van der Waals surface area contributed by atoms with Crippen LogP contribution in [0.4, 0.5) is 0 Å². The van der Waals surface area contributed by atoms with Crippen molar-refractivity contribution in [1.29, 1.82) is 0 Å². The van der Waals surface area contributed by atoms with E-state index in [9.17, 15) is 4.79 Å². The number of carboxylic acid groups (broad SMARTS) is 1. The molecule has 0 saturated carbocycles. The van der Waals surface area contributed by atoms with Gasteiger partial charge in [0.2, 0.25) is 0 Å². The second-order valence-electron chi connectivity index (χ2n) is 2.67. The molecule has 0 spiro atoms. The third kappa shape index (κ3) is 3.11. The minimum atomic E-state index is -1.12. The summed E-state index contributed by atoms with van der Waals surface area (Å²) >= 11 is 5.74. The average molecular weight is 231 g/mol. The summed E-state index contributed by atoms with van der Waals surface area (Å²) in [6, 6.07) is 4.66. The summed E-state index contributed by atoms with van der Waals surface area (Å²) in [5, 5.41) is 9.05. The molecule has 0 radical (unpaired) electrons. The number of aromatic carboxylic acids is 1. The van der Waals surface area contributed by atoms with Gasteiger partial charge in [0.1, 0.15) is 11.3 Å². The Kier molecular flexibility index (Phi) is 4.39. The fourth-order valence-electron chi connectivity index (χ4n) is 1.02. The number of carbonyl (C=O) groups is 1. The Hall–Kier alpha value is -1.26. The van der Waals surface area contributed by atoms with Crippen LogP contribution in [0.1, 0.15) is 17.3 Å². The largest absolute Gasteiger partial charge is 0.478 e. The second-order valence-corrected chi connectivity index (χ2v) is 3.08. The highest BCUT2D eigenvalue weighted by Gasteiger charge is 2.15. The summed E-state index contributed by atoms with van der Waals surface area (Å²) in [5.74, 6) is -0.907. The molecule has 1 aromatic rings. The van der Waals surface area contributed by atoms with Crippen molar-refractivity contribution >= 4 is 17.6 Å². The van der Waals surface area contributed by atoms with Crippen molar-refractivity contribution in [3.05, 3.63) is 28.8 Å². The van der Waals surface area contributed by atoms with Crippen LogP contribution < -0.4 is 4.74 Å². The Morgan fingerprint density at radius 1 is 1.53 bits per heavy atom. The van der Waals surface area contributed by atoms with Gasteiger partial charge >= 0.3 is 5.97 Å². The van der Waals surface area contributed by atoms with E-state index in [1.807, 2.05) is 6.92 Å². The Labute approximate surface area is 92.4 Å². The van der Waals surface area contributed by atoms with Crippen molar-refractivity contribution in [3.8, 4) is 5.75 Å². The highest BCUT2D eigenvalue weighted by atomic mass is 35.5. The molecule has 0 unspecified atom stereocenters. The predicted molar refractivity (Wildman–Crippen MR) is 55.5 cm³/mol. The highest BCUT2D eigenvalue weighted by Crippen LogP contribution is 2.26. The maximum Gasteiger partial charge on any atom is 0.341 e. The molecule has 0 heterocycles. The lowest BCUT2D eigenvalue weighted by Gasteiger charge is -2.09. The molecule has 4 nitrogen and oxygen atoms in total. The Bertz CT molecular complexity index is 351. The molecule has 0 aliphatic carbocycles. The van der Waals surface area contributed by atoms with Crippen molar-refractivity contribution in [2.75, 3.05) is 13.4 Å². The van der Waals surface area contributed by atoms with Gasteiger partial charge in [0, 0.05) is 6.61 Å². The summed E-state index contributed by atoms with van der Waals surface area (Å²) in [6.07, 6.45) is 0. The Morgan fingerprint density at radius 2 is 2.27 bits per heavy atom. The SMILES string of the molecule is CCOCOc1cccc(Cl)c1C(=O)O. The number of benzene rings is 1. The van der Waals surface area contributed by atoms with Gasteiger partial charge in [0.25, 0.3) is 0 Å². The smallest absolute Gasteiger partial charge is 0.341 e. The quantitative estimate of drug-likeness (QED) is 0.623. The first kappa shape index (κ1) is 11.8. The number of halogens is 1. The van der Waals surface area contributed by atoms with Gasteiger partial charge in [-0.3, -0.25) is 0 Å². The topological polar surface area (TPSA) is 55.8 Å². The first-order valence-corrected chi connectivity index (χ1v) is 4.77. The van der Waals surface area contributed by atoms with Crippen LogP contribution in [0.25, 0.3) is 0 Å². The standard InChI is InChI=1S/C10H11ClO4/c1-2-14-6-15-8-5-3-4-7(11)9(8)10(12)13/h3-5H,2,6H2,1H3,(H,12,13). The average Bonchev–Trinajstić information content (AvgIpc) is 2.17. The van der Waals surface area contributed by atoms with E-state index in [1.54, 1.807) is 6.07 Å². The number of hydrogen-bond acceptors (Lipinski definition) is 3. The lowest BCUT2D eigenvalue weighted by molar-refractivity contribution is 0.0214. The molecular formula is C10H11ClO4. The summed E-state index contributed by atoms with van der Waals surface area (Å²) in [5.41, 5.74) is -0.0427. The summed E-state index contributed by atoms with van der Waals surface area (Å²) < 4.78 is 10.1. The molecule has 0 bridgehead atoms. The van der Waals surface area contributed by atoms with Gasteiger partial charge in [-0.2, -0.15) is 0 Å². The predicted octanol–water partition coefficient (Wildman–Crippen LogP) is 2.41. The van der Waals surface area contributed by atoms with Crippen molar-refractivity contribution in [1.82, 2.24) is 0 Å². The molecule has 0 aliphatic rings. The van der Waals surface area contributed by atoms with Crippen LogP contribution in [-0.4, -0.2) is 24.5 Å². The van der Waals surface area contributed by atoms with E-state index in [4.69, 9.17) is 26.2 Å². The van der Waals surface area contributed by atoms with Crippen molar-refractivity contribution in [2.24, 2.45) is 0 Å². The summed E-state index contributed by atoms with van der Waals surface area (Å²) in [6.45, 7) is 2.33. The molecular weight excluding hydrogens is 220 g/mol. The molecule has 15 heavy (non-hydrogen) atoms. The number of rotatable bonds is 5. The van der Waals surface area contributed by atoms with Crippen LogP contribution in [0.5, 0.6) is 5.75 Å². The fraction of sp³-hybridized carbons (Fsp3) is 0.300. The molecule has 5 heteroatoms. The van der Waals surface area contributed by atoms with E-state index in [0.717, 1.165) is 0 Å². The summed E-state index contributed by atoms with van der Waals surface area (Å²) in [4.78, 5) is 10.9. The molecule has 1 N–H and O–H groups in total. The minimum Gasteiger partial charge on any atom is -0.478 e. The van der Waals surface area contributed by atoms with Gasteiger partial charge < -0.3 is 14.6 Å². The van der Waals surface area contributed by atoms with Crippen LogP contribution in [0.15, 0.2) is 18.2 Å². The van der Waals surface area contributed by atoms with E-state index >= 15 is 0 Å². The lowest BCUT2D eigenvalue weighted by atomic mass is 10.2. The van der Waals surface area contributed by atoms with Gasteiger partial charge in [-0.05, 0) is 19.1 Å². The minimum absolute atomic E-state index is 0.0110. The molecule has 0 saturated heterocycles.